The van der Waals surface area contributed by atoms with Crippen molar-refractivity contribution in [2.45, 2.75) is 6.42 Å². The second-order valence-electron chi connectivity index (χ2n) is 2.73. The van der Waals surface area contributed by atoms with E-state index < -0.39 is 0 Å². The fourth-order valence-corrected chi connectivity index (χ4v) is 1.59. The third-order valence-electron chi connectivity index (χ3n) is 1.94. The Morgan fingerprint density at radius 3 is 2.92 bits per heavy atom. The SMILES string of the molecule is SCCc1coc2ccccc12. The molecule has 0 amide bonds. The minimum atomic E-state index is 0.865. The van der Waals surface area contributed by atoms with Crippen molar-refractivity contribution in [2.24, 2.45) is 0 Å². The smallest absolute Gasteiger partial charge is 0.134 e. The molecule has 0 N–H and O–H groups in total. The molecule has 2 aromatic rings. The van der Waals surface area contributed by atoms with Crippen molar-refractivity contribution in [1.82, 2.24) is 0 Å². The molecule has 62 valence electrons. The van der Waals surface area contributed by atoms with Crippen LogP contribution in [0.5, 0.6) is 0 Å². The summed E-state index contributed by atoms with van der Waals surface area (Å²) < 4.78 is 5.37. The Hall–Kier alpha value is -0.890. The van der Waals surface area contributed by atoms with E-state index in [0.29, 0.717) is 0 Å². The van der Waals surface area contributed by atoms with Gasteiger partial charge in [-0.15, -0.1) is 0 Å². The van der Waals surface area contributed by atoms with E-state index in [9.17, 15) is 0 Å². The molecule has 0 spiro atoms. The van der Waals surface area contributed by atoms with Gasteiger partial charge < -0.3 is 4.42 Å². The molecule has 0 radical (unpaired) electrons. The molecular formula is C10H10OS. The van der Waals surface area contributed by atoms with Gasteiger partial charge in [0.1, 0.15) is 5.58 Å². The summed E-state index contributed by atoms with van der Waals surface area (Å²) in [6.45, 7) is 0. The van der Waals surface area contributed by atoms with Crippen molar-refractivity contribution in [2.75, 3.05) is 5.75 Å². The highest BCUT2D eigenvalue weighted by molar-refractivity contribution is 7.80. The van der Waals surface area contributed by atoms with Gasteiger partial charge in [0, 0.05) is 5.39 Å². The van der Waals surface area contributed by atoms with E-state index in [-0.39, 0.29) is 0 Å². The molecule has 1 nitrogen and oxygen atoms in total. The van der Waals surface area contributed by atoms with Crippen LogP contribution < -0.4 is 0 Å². The number of para-hydroxylation sites is 1. The Balaban J connectivity index is 2.55. The molecule has 1 aromatic carbocycles. The molecule has 0 aliphatic heterocycles. The van der Waals surface area contributed by atoms with Crippen molar-refractivity contribution < 1.29 is 4.42 Å². The van der Waals surface area contributed by atoms with Crippen molar-refractivity contribution in [1.29, 1.82) is 0 Å². The number of fused-ring (bicyclic) bond motifs is 1. The van der Waals surface area contributed by atoms with Gasteiger partial charge in [-0.25, -0.2) is 0 Å². The first-order valence-electron chi connectivity index (χ1n) is 3.98. The summed E-state index contributed by atoms with van der Waals surface area (Å²) in [5, 5.41) is 1.21. The van der Waals surface area contributed by atoms with E-state index in [1.165, 1.54) is 10.9 Å². The molecule has 1 heterocycles. The van der Waals surface area contributed by atoms with E-state index in [1.807, 2.05) is 24.5 Å². The van der Waals surface area contributed by atoms with Gasteiger partial charge in [-0.1, -0.05) is 18.2 Å². The van der Waals surface area contributed by atoms with Gasteiger partial charge in [0.15, 0.2) is 0 Å². The van der Waals surface area contributed by atoms with E-state index in [4.69, 9.17) is 4.42 Å². The first-order chi connectivity index (χ1) is 5.92. The molecular weight excluding hydrogens is 168 g/mol. The molecule has 0 atom stereocenters. The van der Waals surface area contributed by atoms with Gasteiger partial charge in [0.25, 0.3) is 0 Å². The highest BCUT2D eigenvalue weighted by Gasteiger charge is 2.02. The maximum atomic E-state index is 5.37. The number of benzene rings is 1. The zero-order chi connectivity index (χ0) is 8.39. The van der Waals surface area contributed by atoms with Crippen molar-refractivity contribution in [3.05, 3.63) is 36.1 Å². The predicted molar refractivity (Wildman–Crippen MR) is 53.8 cm³/mol. The summed E-state index contributed by atoms with van der Waals surface area (Å²) >= 11 is 4.19. The summed E-state index contributed by atoms with van der Waals surface area (Å²) in [5.74, 6) is 0.865. The Labute approximate surface area is 76.8 Å². The van der Waals surface area contributed by atoms with Crippen LogP contribution in [-0.2, 0) is 6.42 Å². The number of hydrogen-bond acceptors (Lipinski definition) is 2. The van der Waals surface area contributed by atoms with E-state index >= 15 is 0 Å². The molecule has 2 rings (SSSR count). The van der Waals surface area contributed by atoms with Gasteiger partial charge >= 0.3 is 0 Å². The second kappa shape index (κ2) is 3.23. The predicted octanol–water partition coefficient (Wildman–Crippen LogP) is 2.91. The van der Waals surface area contributed by atoms with Crippen LogP contribution in [-0.4, -0.2) is 5.75 Å². The van der Waals surface area contributed by atoms with Gasteiger partial charge in [0.2, 0.25) is 0 Å². The quantitative estimate of drug-likeness (QED) is 0.698. The number of thiol groups is 1. The minimum absolute atomic E-state index is 0.865. The van der Waals surface area contributed by atoms with Gasteiger partial charge in [-0.05, 0) is 23.8 Å². The van der Waals surface area contributed by atoms with Gasteiger partial charge in [-0.2, -0.15) is 12.6 Å². The average molecular weight is 178 g/mol. The van der Waals surface area contributed by atoms with Crippen molar-refractivity contribution in [3.63, 3.8) is 0 Å². The number of aryl methyl sites for hydroxylation is 1. The molecule has 12 heavy (non-hydrogen) atoms. The standard InChI is InChI=1S/C10H10OS/c12-6-5-8-7-11-10-4-2-1-3-9(8)10/h1-4,7,12H,5-6H2. The Bertz CT molecular complexity index is 378. The van der Waals surface area contributed by atoms with E-state index in [1.54, 1.807) is 0 Å². The lowest BCUT2D eigenvalue weighted by Gasteiger charge is -1.91. The van der Waals surface area contributed by atoms with Crippen molar-refractivity contribution >= 4 is 23.6 Å². The van der Waals surface area contributed by atoms with Crippen LogP contribution in [0.15, 0.2) is 34.9 Å². The summed E-state index contributed by atoms with van der Waals surface area (Å²) in [7, 11) is 0. The molecule has 0 saturated carbocycles. The Morgan fingerprint density at radius 2 is 2.08 bits per heavy atom. The van der Waals surface area contributed by atoms with Crippen LogP contribution in [0, 0.1) is 0 Å². The molecule has 2 heteroatoms. The molecule has 1 aromatic heterocycles. The first-order valence-corrected chi connectivity index (χ1v) is 4.61. The molecule has 0 aliphatic carbocycles. The average Bonchev–Trinajstić information content (AvgIpc) is 2.50. The van der Waals surface area contributed by atoms with Crippen LogP contribution in [0.2, 0.25) is 0 Å². The Morgan fingerprint density at radius 1 is 1.25 bits per heavy atom. The maximum Gasteiger partial charge on any atom is 0.134 e. The monoisotopic (exact) mass is 178 g/mol. The lowest BCUT2D eigenvalue weighted by Crippen LogP contribution is -1.81. The normalized spacial score (nSPS) is 10.8. The summed E-state index contributed by atoms with van der Waals surface area (Å²) in [6, 6.07) is 8.07. The lowest BCUT2D eigenvalue weighted by molar-refractivity contribution is 0.611. The zero-order valence-electron chi connectivity index (χ0n) is 6.66. The zero-order valence-corrected chi connectivity index (χ0v) is 7.55. The van der Waals surface area contributed by atoms with Crippen LogP contribution in [0.25, 0.3) is 11.0 Å². The maximum absolute atomic E-state index is 5.37. The molecule has 0 unspecified atom stereocenters. The highest BCUT2D eigenvalue weighted by atomic mass is 32.1. The molecule has 0 aliphatic rings. The highest BCUT2D eigenvalue weighted by Crippen LogP contribution is 2.20. The number of furan rings is 1. The third kappa shape index (κ3) is 1.23. The summed E-state index contributed by atoms with van der Waals surface area (Å²) in [5.41, 5.74) is 2.22. The largest absolute Gasteiger partial charge is 0.464 e. The van der Waals surface area contributed by atoms with E-state index in [2.05, 4.69) is 18.7 Å². The van der Waals surface area contributed by atoms with Gasteiger partial charge in [0.05, 0.1) is 6.26 Å². The topological polar surface area (TPSA) is 13.1 Å². The molecule has 0 saturated heterocycles. The van der Waals surface area contributed by atoms with Crippen LogP contribution in [0.4, 0.5) is 0 Å². The van der Waals surface area contributed by atoms with Crippen LogP contribution >= 0.6 is 12.6 Å². The third-order valence-corrected chi connectivity index (χ3v) is 2.17. The fourth-order valence-electron chi connectivity index (χ4n) is 1.35. The molecule has 0 fully saturated rings. The fraction of sp³-hybridized carbons (Fsp3) is 0.200. The Kier molecular flexibility index (Phi) is 2.09. The van der Waals surface area contributed by atoms with E-state index in [0.717, 1.165) is 17.8 Å². The summed E-state index contributed by atoms with van der Waals surface area (Å²) in [6.07, 6.45) is 2.79. The summed E-state index contributed by atoms with van der Waals surface area (Å²) in [4.78, 5) is 0. The molecule has 0 bridgehead atoms. The van der Waals surface area contributed by atoms with Gasteiger partial charge in [-0.3, -0.25) is 0 Å². The van der Waals surface area contributed by atoms with Crippen LogP contribution in [0.3, 0.4) is 0 Å². The minimum Gasteiger partial charge on any atom is -0.464 e. The number of rotatable bonds is 2. The lowest BCUT2D eigenvalue weighted by atomic mass is 10.1. The second-order valence-corrected chi connectivity index (χ2v) is 3.18. The first kappa shape index (κ1) is 7.74. The number of hydrogen-bond donors (Lipinski definition) is 1. The van der Waals surface area contributed by atoms with Crippen molar-refractivity contribution in [3.8, 4) is 0 Å². The van der Waals surface area contributed by atoms with Crippen LogP contribution in [0.1, 0.15) is 5.56 Å².